The topological polar surface area (TPSA) is 49.0 Å². The molecule has 0 amide bonds. The monoisotopic (exact) mass is 341 g/mol. The summed E-state index contributed by atoms with van der Waals surface area (Å²) in [6.45, 7) is 0.0265. The molecule has 1 unspecified atom stereocenters. The highest BCUT2D eigenvalue weighted by Gasteiger charge is 2.27. The molecule has 0 spiro atoms. The molecule has 114 valence electrons. The number of nitrogens with zero attached hydrogens (tertiary/aromatic N) is 3. The van der Waals surface area contributed by atoms with Crippen LogP contribution in [0.1, 0.15) is 5.82 Å². The van der Waals surface area contributed by atoms with E-state index in [4.69, 9.17) is 34.4 Å². The average Bonchev–Trinajstić information content (AvgIpc) is 2.97. The predicted octanol–water partition coefficient (Wildman–Crippen LogP) is 2.25. The van der Waals surface area contributed by atoms with E-state index >= 15 is 0 Å². The normalized spacial score (nSPS) is 16.4. The lowest BCUT2D eigenvalue weighted by Gasteiger charge is -2.09. The second kappa shape index (κ2) is 5.67. The van der Waals surface area contributed by atoms with Crippen molar-refractivity contribution in [3.63, 3.8) is 0 Å². The summed E-state index contributed by atoms with van der Waals surface area (Å²) in [5, 5.41) is 4.63. The number of ether oxygens (including phenoxy) is 1. The van der Waals surface area contributed by atoms with Gasteiger partial charge in [0, 0.05) is 12.5 Å². The molecule has 1 aromatic heterocycles. The van der Waals surface area contributed by atoms with E-state index in [1.165, 1.54) is 16.7 Å². The number of benzene rings is 1. The second-order valence-electron chi connectivity index (χ2n) is 4.75. The molecule has 1 aromatic carbocycles. The first-order chi connectivity index (χ1) is 10.5. The number of aromatic nitrogens is 3. The third-order valence-electron chi connectivity index (χ3n) is 3.26. The zero-order chi connectivity index (χ0) is 15.9. The van der Waals surface area contributed by atoms with Gasteiger partial charge in [-0.25, -0.2) is 9.18 Å². The van der Waals surface area contributed by atoms with Crippen LogP contribution in [0.5, 0.6) is 5.75 Å². The van der Waals surface area contributed by atoms with Crippen LogP contribution in [0.3, 0.4) is 0 Å². The van der Waals surface area contributed by atoms with Gasteiger partial charge in [-0.2, -0.15) is 4.68 Å². The number of alkyl halides is 1. The van der Waals surface area contributed by atoms with Crippen LogP contribution in [0.15, 0.2) is 16.9 Å². The zero-order valence-electron chi connectivity index (χ0n) is 11.2. The van der Waals surface area contributed by atoms with E-state index in [0.29, 0.717) is 17.3 Å². The Hall–Kier alpha value is -1.97. The molecule has 0 fully saturated rings. The van der Waals surface area contributed by atoms with E-state index in [1.54, 1.807) is 0 Å². The number of terminal acetylenes is 1. The van der Waals surface area contributed by atoms with Crippen LogP contribution in [0, 0.1) is 12.3 Å². The van der Waals surface area contributed by atoms with Crippen molar-refractivity contribution in [2.45, 2.75) is 19.1 Å². The van der Waals surface area contributed by atoms with Gasteiger partial charge >= 0.3 is 5.69 Å². The van der Waals surface area contributed by atoms with Crippen molar-refractivity contribution >= 4 is 23.2 Å². The molecule has 1 atom stereocenters. The fourth-order valence-corrected chi connectivity index (χ4v) is 2.82. The van der Waals surface area contributed by atoms with E-state index < -0.39 is 11.9 Å². The molecule has 2 aromatic rings. The van der Waals surface area contributed by atoms with E-state index in [-0.39, 0.29) is 29.6 Å². The Kier molecular flexibility index (Phi) is 3.85. The van der Waals surface area contributed by atoms with Gasteiger partial charge in [0.1, 0.15) is 24.4 Å². The van der Waals surface area contributed by atoms with Crippen molar-refractivity contribution in [1.82, 2.24) is 14.3 Å². The van der Waals surface area contributed by atoms with Crippen LogP contribution >= 0.6 is 23.2 Å². The Labute approximate surface area is 135 Å². The first kappa shape index (κ1) is 14.9. The van der Waals surface area contributed by atoms with Crippen molar-refractivity contribution < 1.29 is 9.13 Å². The average molecular weight is 342 g/mol. The van der Waals surface area contributed by atoms with Crippen molar-refractivity contribution in [2.24, 2.45) is 0 Å². The molecule has 0 aliphatic carbocycles. The molecule has 0 radical (unpaired) electrons. The van der Waals surface area contributed by atoms with Crippen molar-refractivity contribution in [1.29, 1.82) is 0 Å². The minimum absolute atomic E-state index is 0.000172. The molecule has 1 aliphatic heterocycles. The third kappa shape index (κ3) is 2.47. The Morgan fingerprint density at radius 3 is 2.91 bits per heavy atom. The van der Waals surface area contributed by atoms with Crippen LogP contribution in [-0.4, -0.2) is 27.1 Å². The SMILES string of the molecule is C#CCOc1cc(-n2nc3n(c2=O)CC(F)C3)c(Cl)cc1Cl. The summed E-state index contributed by atoms with van der Waals surface area (Å²) in [4.78, 5) is 12.3. The minimum Gasteiger partial charge on any atom is -0.479 e. The molecule has 0 bridgehead atoms. The van der Waals surface area contributed by atoms with Crippen LogP contribution in [-0.2, 0) is 13.0 Å². The predicted molar refractivity (Wildman–Crippen MR) is 80.8 cm³/mol. The smallest absolute Gasteiger partial charge is 0.350 e. The summed E-state index contributed by atoms with van der Waals surface area (Å²) in [6.07, 6.45) is 4.16. The number of hydrogen-bond acceptors (Lipinski definition) is 3. The molecule has 3 rings (SSSR count). The van der Waals surface area contributed by atoms with Gasteiger partial charge in [0.05, 0.1) is 22.3 Å². The van der Waals surface area contributed by atoms with Crippen molar-refractivity contribution in [3.8, 4) is 23.8 Å². The number of halogens is 3. The molecule has 0 saturated carbocycles. The maximum Gasteiger partial charge on any atom is 0.350 e. The largest absolute Gasteiger partial charge is 0.479 e. The summed E-state index contributed by atoms with van der Waals surface area (Å²) >= 11 is 12.1. The van der Waals surface area contributed by atoms with E-state index in [1.807, 2.05) is 0 Å². The Balaban J connectivity index is 2.08. The Morgan fingerprint density at radius 2 is 2.23 bits per heavy atom. The van der Waals surface area contributed by atoms with Crippen LogP contribution in [0.4, 0.5) is 4.39 Å². The van der Waals surface area contributed by atoms with E-state index in [2.05, 4.69) is 11.0 Å². The summed E-state index contributed by atoms with van der Waals surface area (Å²) in [7, 11) is 0. The molecule has 5 nitrogen and oxygen atoms in total. The standard InChI is InChI=1S/C14H10Cl2FN3O2/c1-2-3-22-12-6-11(9(15)5-10(12)16)20-14(21)19-7-8(17)4-13(19)18-20/h1,5-6,8H,3-4,7H2. The molecule has 2 heterocycles. The van der Waals surface area contributed by atoms with Gasteiger partial charge in [0.2, 0.25) is 0 Å². The molecule has 1 aliphatic rings. The van der Waals surface area contributed by atoms with Gasteiger partial charge in [-0.3, -0.25) is 4.57 Å². The quantitative estimate of drug-likeness (QED) is 0.804. The highest BCUT2D eigenvalue weighted by atomic mass is 35.5. The molecular weight excluding hydrogens is 332 g/mol. The van der Waals surface area contributed by atoms with Gasteiger partial charge in [0.15, 0.2) is 0 Å². The van der Waals surface area contributed by atoms with E-state index in [0.717, 1.165) is 4.68 Å². The van der Waals surface area contributed by atoms with Crippen molar-refractivity contribution in [2.75, 3.05) is 6.61 Å². The Morgan fingerprint density at radius 1 is 1.45 bits per heavy atom. The first-order valence-electron chi connectivity index (χ1n) is 6.39. The highest BCUT2D eigenvalue weighted by molar-refractivity contribution is 6.36. The van der Waals surface area contributed by atoms with Gasteiger partial charge in [0.25, 0.3) is 0 Å². The maximum absolute atomic E-state index is 13.3. The van der Waals surface area contributed by atoms with Gasteiger partial charge in [-0.15, -0.1) is 11.5 Å². The number of fused-ring (bicyclic) bond motifs is 1. The molecule has 8 heteroatoms. The molecule has 0 N–H and O–H groups in total. The van der Waals surface area contributed by atoms with Crippen molar-refractivity contribution in [3.05, 3.63) is 38.5 Å². The summed E-state index contributed by atoms with van der Waals surface area (Å²) in [5.41, 5.74) is -0.150. The lowest BCUT2D eigenvalue weighted by Crippen LogP contribution is -2.25. The molecule has 0 saturated heterocycles. The number of hydrogen-bond donors (Lipinski definition) is 0. The van der Waals surface area contributed by atoms with Gasteiger partial charge in [-0.1, -0.05) is 29.1 Å². The van der Waals surface area contributed by atoms with E-state index in [9.17, 15) is 9.18 Å². The van der Waals surface area contributed by atoms with Gasteiger partial charge in [-0.05, 0) is 6.07 Å². The zero-order valence-corrected chi connectivity index (χ0v) is 12.7. The number of rotatable bonds is 3. The minimum atomic E-state index is -1.08. The molecule has 22 heavy (non-hydrogen) atoms. The highest BCUT2D eigenvalue weighted by Crippen LogP contribution is 2.32. The van der Waals surface area contributed by atoms with Crippen LogP contribution in [0.25, 0.3) is 5.69 Å². The summed E-state index contributed by atoms with van der Waals surface area (Å²) in [5.74, 6) is 3.00. The van der Waals surface area contributed by atoms with Gasteiger partial charge < -0.3 is 4.74 Å². The first-order valence-corrected chi connectivity index (χ1v) is 7.15. The summed E-state index contributed by atoms with van der Waals surface area (Å²) < 4.78 is 21.0. The Bertz CT molecular complexity index is 838. The maximum atomic E-state index is 13.3. The van der Waals surface area contributed by atoms with Crippen LogP contribution in [0.2, 0.25) is 10.0 Å². The summed E-state index contributed by atoms with van der Waals surface area (Å²) in [6, 6.07) is 2.93. The fourth-order valence-electron chi connectivity index (χ4n) is 2.30. The lowest BCUT2D eigenvalue weighted by atomic mass is 10.3. The second-order valence-corrected chi connectivity index (χ2v) is 5.56. The fraction of sp³-hybridized carbons (Fsp3) is 0.286. The van der Waals surface area contributed by atoms with Crippen LogP contribution < -0.4 is 10.4 Å². The third-order valence-corrected chi connectivity index (χ3v) is 3.86. The molecular formula is C14H10Cl2FN3O2. The lowest BCUT2D eigenvalue weighted by molar-refractivity contribution is 0.324.